The van der Waals surface area contributed by atoms with E-state index in [1.54, 1.807) is 11.6 Å². The number of piperidine rings is 1. The van der Waals surface area contributed by atoms with Crippen molar-refractivity contribution in [2.45, 2.75) is 63.7 Å². The first-order valence-electron chi connectivity index (χ1n) is 11.8. The highest BCUT2D eigenvalue weighted by atomic mass is 19.4. The maximum absolute atomic E-state index is 13.6. The summed E-state index contributed by atoms with van der Waals surface area (Å²) in [6.45, 7) is 4.63. The number of benzene rings is 2. The van der Waals surface area contributed by atoms with Crippen LogP contribution in [0.25, 0.3) is 0 Å². The molecule has 1 aliphatic heterocycles. The average Bonchev–Trinajstić information content (AvgIpc) is 3.28. The van der Waals surface area contributed by atoms with Gasteiger partial charge in [-0.2, -0.15) is 26.3 Å². The molecule has 200 valence electrons. The van der Waals surface area contributed by atoms with E-state index in [0.29, 0.717) is 25.2 Å². The van der Waals surface area contributed by atoms with Crippen LogP contribution in [-0.2, 0) is 22.6 Å². The van der Waals surface area contributed by atoms with E-state index < -0.39 is 40.7 Å². The van der Waals surface area contributed by atoms with Gasteiger partial charge in [0.1, 0.15) is 5.82 Å². The van der Waals surface area contributed by atoms with Crippen LogP contribution < -0.4 is 5.32 Å². The molecule has 0 amide bonds. The summed E-state index contributed by atoms with van der Waals surface area (Å²) in [4.78, 5) is 0. The molecule has 1 fully saturated rings. The number of hydrogen-bond donors (Lipinski definition) is 1. The molecular formula is C25H27F6N5O. The molecule has 3 atom stereocenters. The lowest BCUT2D eigenvalue weighted by atomic mass is 9.81. The minimum absolute atomic E-state index is 0.00922. The lowest BCUT2D eigenvalue weighted by Gasteiger charge is -2.42. The zero-order valence-electron chi connectivity index (χ0n) is 20.5. The topological polar surface area (TPSA) is 64.9 Å². The first-order valence-corrected chi connectivity index (χ1v) is 11.8. The minimum atomic E-state index is -4.93. The molecular weight excluding hydrogens is 500 g/mol. The lowest BCUT2D eigenvalue weighted by molar-refractivity contribution is -0.144. The Balaban J connectivity index is 1.60. The van der Waals surface area contributed by atoms with Crippen molar-refractivity contribution >= 4 is 0 Å². The summed E-state index contributed by atoms with van der Waals surface area (Å²) in [5.41, 5.74) is -3.47. The zero-order valence-corrected chi connectivity index (χ0v) is 20.5. The van der Waals surface area contributed by atoms with Crippen LogP contribution in [0.5, 0.6) is 0 Å². The normalized spacial score (nSPS) is 21.7. The first kappa shape index (κ1) is 27.1. The van der Waals surface area contributed by atoms with Gasteiger partial charge >= 0.3 is 12.4 Å². The fraction of sp³-hybridized carbons (Fsp3) is 0.480. The van der Waals surface area contributed by atoms with E-state index in [9.17, 15) is 26.3 Å². The summed E-state index contributed by atoms with van der Waals surface area (Å²) in [7, 11) is 0. The number of aromatic nitrogens is 4. The number of nitrogens with one attached hydrogen (secondary N) is 1. The van der Waals surface area contributed by atoms with Crippen LogP contribution >= 0.6 is 0 Å². The molecule has 0 radical (unpaired) electrons. The standard InChI is InChI=1S/C25H27F6N5O/c1-15-21(24(26,27)28)11-18(12-22(15)25(29,30)31)16(2)37-14-23(19-7-5-4-6-8-19)10-9-20(13-32-23)36-17(3)33-34-35-36/h4-8,11-12,16,20,32H,9-10,13-14H2,1-3H3/t16?,20-,23-/m1/s1. The van der Waals surface area contributed by atoms with Crippen molar-refractivity contribution in [2.75, 3.05) is 13.2 Å². The molecule has 0 aliphatic carbocycles. The highest BCUT2D eigenvalue weighted by molar-refractivity contribution is 5.42. The van der Waals surface area contributed by atoms with Crippen molar-refractivity contribution < 1.29 is 31.1 Å². The van der Waals surface area contributed by atoms with Crippen molar-refractivity contribution in [1.29, 1.82) is 0 Å². The Bertz CT molecular complexity index is 1180. The lowest BCUT2D eigenvalue weighted by Crippen LogP contribution is -2.52. The van der Waals surface area contributed by atoms with E-state index in [-0.39, 0.29) is 18.2 Å². The first-order chi connectivity index (χ1) is 17.3. The second-order valence-corrected chi connectivity index (χ2v) is 9.38. The van der Waals surface area contributed by atoms with Crippen molar-refractivity contribution in [3.05, 3.63) is 76.1 Å². The molecule has 2 aromatic carbocycles. The average molecular weight is 528 g/mol. The van der Waals surface area contributed by atoms with Gasteiger partial charge in [-0.15, -0.1) is 5.10 Å². The molecule has 6 nitrogen and oxygen atoms in total. The Hall–Kier alpha value is -2.99. The second-order valence-electron chi connectivity index (χ2n) is 9.38. The van der Waals surface area contributed by atoms with Crippen LogP contribution in [0.4, 0.5) is 26.3 Å². The summed E-state index contributed by atoms with van der Waals surface area (Å²) in [6, 6.07) is 10.9. The molecule has 1 aliphatic rings. The number of rotatable bonds is 6. The van der Waals surface area contributed by atoms with E-state index >= 15 is 0 Å². The summed E-state index contributed by atoms with van der Waals surface area (Å²) < 4.78 is 89.1. The number of aryl methyl sites for hydroxylation is 1. The van der Waals surface area contributed by atoms with Gasteiger partial charge in [-0.1, -0.05) is 30.3 Å². The highest BCUT2D eigenvalue weighted by Gasteiger charge is 2.41. The number of nitrogens with zero attached hydrogens (tertiary/aromatic N) is 4. The Labute approximate surface area is 210 Å². The van der Waals surface area contributed by atoms with Crippen LogP contribution in [0.15, 0.2) is 42.5 Å². The van der Waals surface area contributed by atoms with E-state index in [1.165, 1.54) is 6.92 Å². The van der Waals surface area contributed by atoms with Gasteiger partial charge in [0.25, 0.3) is 0 Å². The molecule has 2 heterocycles. The number of alkyl halides is 6. The molecule has 0 spiro atoms. The van der Waals surface area contributed by atoms with Crippen LogP contribution in [0.1, 0.15) is 65.6 Å². The molecule has 3 aromatic rings. The van der Waals surface area contributed by atoms with Crippen molar-refractivity contribution in [3.63, 3.8) is 0 Å². The molecule has 1 saturated heterocycles. The Morgan fingerprint density at radius 2 is 1.68 bits per heavy atom. The van der Waals surface area contributed by atoms with Crippen molar-refractivity contribution in [3.8, 4) is 0 Å². The van der Waals surface area contributed by atoms with Gasteiger partial charge in [-0.25, -0.2) is 4.68 Å². The van der Waals surface area contributed by atoms with Crippen LogP contribution in [-0.4, -0.2) is 33.4 Å². The largest absolute Gasteiger partial charge is 0.416 e. The van der Waals surface area contributed by atoms with Gasteiger partial charge < -0.3 is 10.1 Å². The maximum atomic E-state index is 13.6. The van der Waals surface area contributed by atoms with Gasteiger partial charge in [0.15, 0.2) is 0 Å². The third-order valence-electron chi connectivity index (χ3n) is 7.00. The Morgan fingerprint density at radius 3 is 2.16 bits per heavy atom. The Kier molecular flexibility index (Phi) is 7.35. The predicted molar refractivity (Wildman–Crippen MR) is 122 cm³/mol. The number of halogens is 6. The zero-order chi connectivity index (χ0) is 27.0. The van der Waals surface area contributed by atoms with Gasteiger partial charge in [0.05, 0.1) is 35.4 Å². The smallest absolute Gasteiger partial charge is 0.372 e. The summed E-state index contributed by atoms with van der Waals surface area (Å²) in [5.74, 6) is 0.671. The van der Waals surface area contributed by atoms with Crippen LogP contribution in [0.2, 0.25) is 0 Å². The summed E-state index contributed by atoms with van der Waals surface area (Å²) in [6.07, 6.45) is -9.61. The molecule has 1 aromatic heterocycles. The molecule has 1 N–H and O–H groups in total. The maximum Gasteiger partial charge on any atom is 0.416 e. The molecule has 4 rings (SSSR count). The highest BCUT2D eigenvalue weighted by Crippen LogP contribution is 2.42. The summed E-state index contributed by atoms with van der Waals surface area (Å²) in [5, 5.41) is 15.2. The fourth-order valence-electron chi connectivity index (χ4n) is 4.83. The van der Waals surface area contributed by atoms with Crippen LogP contribution in [0.3, 0.4) is 0 Å². The SMILES string of the molecule is Cc1c(C(F)(F)F)cc(C(C)OC[C@@]2(c3ccccc3)CC[C@@H](n3nnnc3C)CN2)cc1C(F)(F)F. The van der Waals surface area contributed by atoms with Crippen molar-refractivity contribution in [2.24, 2.45) is 0 Å². The quantitative estimate of drug-likeness (QED) is 0.403. The molecule has 37 heavy (non-hydrogen) atoms. The molecule has 1 unspecified atom stereocenters. The summed E-state index contributed by atoms with van der Waals surface area (Å²) >= 11 is 0. The van der Waals surface area contributed by atoms with Gasteiger partial charge in [-0.3, -0.25) is 0 Å². The molecule has 0 bridgehead atoms. The van der Waals surface area contributed by atoms with Gasteiger partial charge in [0.2, 0.25) is 0 Å². The van der Waals surface area contributed by atoms with E-state index in [1.807, 2.05) is 30.3 Å². The Morgan fingerprint density at radius 1 is 1.05 bits per heavy atom. The number of hydrogen-bond acceptors (Lipinski definition) is 5. The van der Waals surface area contributed by atoms with Gasteiger partial charge in [-0.05, 0) is 72.9 Å². The van der Waals surface area contributed by atoms with Crippen molar-refractivity contribution in [1.82, 2.24) is 25.5 Å². The third-order valence-corrected chi connectivity index (χ3v) is 7.00. The van der Waals surface area contributed by atoms with E-state index in [2.05, 4.69) is 20.8 Å². The predicted octanol–water partition coefficient (Wildman–Crippen LogP) is 5.93. The van der Waals surface area contributed by atoms with Gasteiger partial charge in [0, 0.05) is 6.54 Å². The number of tetrazole rings is 1. The molecule has 12 heteroatoms. The molecule has 0 saturated carbocycles. The third kappa shape index (κ3) is 5.64. The fourth-order valence-corrected chi connectivity index (χ4v) is 4.83. The van der Waals surface area contributed by atoms with Crippen LogP contribution in [0, 0.1) is 13.8 Å². The number of ether oxygens (including phenoxy) is 1. The monoisotopic (exact) mass is 527 g/mol. The van der Waals surface area contributed by atoms with E-state index in [4.69, 9.17) is 4.74 Å². The second kappa shape index (κ2) is 10.1. The minimum Gasteiger partial charge on any atom is -0.372 e. The van der Waals surface area contributed by atoms with E-state index in [0.717, 1.165) is 24.6 Å².